The highest BCUT2D eigenvalue weighted by Crippen LogP contribution is 2.29. The van der Waals surface area contributed by atoms with Gasteiger partial charge in [0.1, 0.15) is 0 Å². The standard InChI is InChI=1S/C14H11F3N2O3S/c15-14(16,17)11-5-6-12(19-7-11)23(21,22)8-9-1-3-10(4-2-9)13(18)20/h1-7H,8H2,(H2,18,20). The van der Waals surface area contributed by atoms with Crippen LogP contribution < -0.4 is 5.73 Å². The fourth-order valence-electron chi connectivity index (χ4n) is 1.79. The van der Waals surface area contributed by atoms with Crippen LogP contribution in [-0.2, 0) is 21.8 Å². The van der Waals surface area contributed by atoms with Crippen molar-refractivity contribution < 1.29 is 26.4 Å². The van der Waals surface area contributed by atoms with Gasteiger partial charge in [0, 0.05) is 11.8 Å². The molecule has 0 radical (unpaired) electrons. The second-order valence-corrected chi connectivity index (χ2v) is 6.64. The van der Waals surface area contributed by atoms with E-state index in [1.807, 2.05) is 0 Å². The topological polar surface area (TPSA) is 90.1 Å². The summed E-state index contributed by atoms with van der Waals surface area (Å²) in [5.74, 6) is -1.10. The van der Waals surface area contributed by atoms with E-state index >= 15 is 0 Å². The summed E-state index contributed by atoms with van der Waals surface area (Å²) >= 11 is 0. The van der Waals surface area contributed by atoms with Crippen molar-refractivity contribution in [2.24, 2.45) is 5.73 Å². The summed E-state index contributed by atoms with van der Waals surface area (Å²) in [5.41, 5.74) is 4.63. The number of carbonyl (C=O) groups excluding carboxylic acids is 1. The average molecular weight is 344 g/mol. The van der Waals surface area contributed by atoms with E-state index < -0.39 is 38.3 Å². The Morgan fingerprint density at radius 3 is 2.13 bits per heavy atom. The molecule has 0 aliphatic heterocycles. The van der Waals surface area contributed by atoms with Crippen LogP contribution in [0.25, 0.3) is 0 Å². The third-order valence-corrected chi connectivity index (χ3v) is 4.57. The molecule has 0 aliphatic rings. The number of carbonyl (C=O) groups is 1. The first-order valence-corrected chi connectivity index (χ1v) is 7.89. The lowest BCUT2D eigenvalue weighted by Gasteiger charge is -2.08. The number of rotatable bonds is 4. The first kappa shape index (κ1) is 16.9. The van der Waals surface area contributed by atoms with Gasteiger partial charge in [-0.05, 0) is 29.8 Å². The number of halogens is 3. The molecule has 0 aliphatic carbocycles. The maximum Gasteiger partial charge on any atom is 0.417 e. The molecule has 0 bridgehead atoms. The van der Waals surface area contributed by atoms with E-state index in [2.05, 4.69) is 4.98 Å². The van der Waals surface area contributed by atoms with E-state index in [1.165, 1.54) is 24.3 Å². The molecule has 5 nitrogen and oxygen atoms in total. The van der Waals surface area contributed by atoms with Crippen LogP contribution in [0, 0.1) is 0 Å². The molecule has 1 aromatic heterocycles. The Bertz CT molecular complexity index is 814. The number of nitrogens with zero attached hydrogens (tertiary/aromatic N) is 1. The SMILES string of the molecule is NC(=O)c1ccc(CS(=O)(=O)c2ccc(C(F)(F)F)cn2)cc1. The number of pyridine rings is 1. The molecule has 1 aromatic carbocycles. The van der Waals surface area contributed by atoms with Crippen LogP contribution in [0.15, 0.2) is 47.6 Å². The lowest BCUT2D eigenvalue weighted by Crippen LogP contribution is -2.12. The smallest absolute Gasteiger partial charge is 0.366 e. The normalized spacial score (nSPS) is 12.1. The van der Waals surface area contributed by atoms with Gasteiger partial charge < -0.3 is 5.73 Å². The average Bonchev–Trinajstić information content (AvgIpc) is 2.46. The Kier molecular flexibility index (Phi) is 4.42. The minimum Gasteiger partial charge on any atom is -0.366 e. The summed E-state index contributed by atoms with van der Waals surface area (Å²) < 4.78 is 61.6. The highest BCUT2D eigenvalue weighted by molar-refractivity contribution is 7.90. The molecule has 0 spiro atoms. The number of amides is 1. The van der Waals surface area contributed by atoms with Gasteiger partial charge in [-0.2, -0.15) is 13.2 Å². The van der Waals surface area contributed by atoms with E-state index in [1.54, 1.807) is 0 Å². The van der Waals surface area contributed by atoms with E-state index in [4.69, 9.17) is 5.73 Å². The van der Waals surface area contributed by atoms with Gasteiger partial charge in [-0.1, -0.05) is 12.1 Å². The van der Waals surface area contributed by atoms with Crippen molar-refractivity contribution >= 4 is 15.7 Å². The van der Waals surface area contributed by atoms with Crippen LogP contribution in [-0.4, -0.2) is 19.3 Å². The molecular formula is C14H11F3N2O3S. The zero-order valence-electron chi connectivity index (χ0n) is 11.5. The van der Waals surface area contributed by atoms with Gasteiger partial charge >= 0.3 is 6.18 Å². The van der Waals surface area contributed by atoms with Crippen molar-refractivity contribution in [2.75, 3.05) is 0 Å². The van der Waals surface area contributed by atoms with Crippen LogP contribution in [0.4, 0.5) is 13.2 Å². The summed E-state index contributed by atoms with van der Waals surface area (Å²) in [7, 11) is -3.90. The lowest BCUT2D eigenvalue weighted by molar-refractivity contribution is -0.137. The molecule has 23 heavy (non-hydrogen) atoms. The van der Waals surface area contributed by atoms with Crippen LogP contribution in [0.1, 0.15) is 21.5 Å². The molecule has 122 valence electrons. The summed E-state index contributed by atoms with van der Waals surface area (Å²) in [6, 6.07) is 7.02. The zero-order valence-corrected chi connectivity index (χ0v) is 12.4. The molecule has 0 fully saturated rings. The minimum atomic E-state index is -4.58. The van der Waals surface area contributed by atoms with Gasteiger partial charge in [0.25, 0.3) is 0 Å². The second kappa shape index (κ2) is 5.99. The minimum absolute atomic E-state index is 0.221. The van der Waals surface area contributed by atoms with Crippen molar-refractivity contribution in [3.8, 4) is 0 Å². The molecule has 1 amide bonds. The summed E-state index contributed by atoms with van der Waals surface area (Å²) in [4.78, 5) is 14.3. The van der Waals surface area contributed by atoms with E-state index in [-0.39, 0.29) is 5.56 Å². The summed E-state index contributed by atoms with van der Waals surface area (Å²) in [6.45, 7) is 0. The Hall–Kier alpha value is -2.42. The maximum atomic E-state index is 12.4. The maximum absolute atomic E-state index is 12.4. The molecule has 1 heterocycles. The largest absolute Gasteiger partial charge is 0.417 e. The van der Waals surface area contributed by atoms with Crippen molar-refractivity contribution in [1.29, 1.82) is 0 Å². The quantitative estimate of drug-likeness (QED) is 0.920. The number of sulfone groups is 1. The fourth-order valence-corrected chi connectivity index (χ4v) is 3.06. The highest BCUT2D eigenvalue weighted by atomic mass is 32.2. The molecule has 0 saturated carbocycles. The first-order chi connectivity index (χ1) is 10.6. The number of hydrogen-bond donors (Lipinski definition) is 1. The zero-order chi connectivity index (χ0) is 17.3. The Balaban J connectivity index is 2.23. The Morgan fingerprint density at radius 1 is 1.09 bits per heavy atom. The molecule has 0 unspecified atom stereocenters. The van der Waals surface area contributed by atoms with E-state index in [9.17, 15) is 26.4 Å². The van der Waals surface area contributed by atoms with E-state index in [0.29, 0.717) is 17.8 Å². The molecule has 9 heteroatoms. The van der Waals surface area contributed by atoms with Gasteiger partial charge in [-0.15, -0.1) is 0 Å². The fraction of sp³-hybridized carbons (Fsp3) is 0.143. The highest BCUT2D eigenvalue weighted by Gasteiger charge is 2.31. The number of primary amides is 1. The molecule has 2 aromatic rings. The van der Waals surface area contributed by atoms with Crippen LogP contribution in [0.3, 0.4) is 0 Å². The van der Waals surface area contributed by atoms with Crippen LogP contribution in [0.2, 0.25) is 0 Å². The third kappa shape index (κ3) is 4.07. The number of benzene rings is 1. The lowest BCUT2D eigenvalue weighted by atomic mass is 10.1. The van der Waals surface area contributed by atoms with Gasteiger partial charge in [-0.25, -0.2) is 13.4 Å². The van der Waals surface area contributed by atoms with Crippen molar-refractivity contribution in [3.63, 3.8) is 0 Å². The van der Waals surface area contributed by atoms with Crippen molar-refractivity contribution in [1.82, 2.24) is 4.98 Å². The monoisotopic (exact) mass is 344 g/mol. The molecule has 2 rings (SSSR count). The Labute approximate surface area is 129 Å². The first-order valence-electron chi connectivity index (χ1n) is 6.24. The summed E-state index contributed by atoms with van der Waals surface area (Å²) in [6.07, 6.45) is -4.11. The number of aromatic nitrogens is 1. The number of alkyl halides is 3. The van der Waals surface area contributed by atoms with Gasteiger partial charge in [0.05, 0.1) is 11.3 Å². The van der Waals surface area contributed by atoms with E-state index in [0.717, 1.165) is 6.07 Å². The molecule has 2 N–H and O–H groups in total. The van der Waals surface area contributed by atoms with Gasteiger partial charge in [0.15, 0.2) is 14.9 Å². The third-order valence-electron chi connectivity index (χ3n) is 2.98. The molecular weight excluding hydrogens is 333 g/mol. The van der Waals surface area contributed by atoms with Gasteiger partial charge in [0.2, 0.25) is 5.91 Å². The predicted octanol–water partition coefficient (Wildman–Crippen LogP) is 2.17. The van der Waals surface area contributed by atoms with Crippen molar-refractivity contribution in [3.05, 3.63) is 59.3 Å². The molecule has 0 saturated heterocycles. The van der Waals surface area contributed by atoms with Gasteiger partial charge in [-0.3, -0.25) is 4.79 Å². The van der Waals surface area contributed by atoms with Crippen molar-refractivity contribution in [2.45, 2.75) is 17.0 Å². The number of hydrogen-bond acceptors (Lipinski definition) is 4. The predicted molar refractivity (Wildman–Crippen MR) is 75.1 cm³/mol. The number of nitrogens with two attached hydrogens (primary N) is 1. The summed E-state index contributed by atoms with van der Waals surface area (Å²) in [5, 5.41) is -0.454. The van der Waals surface area contributed by atoms with Crippen LogP contribution >= 0.6 is 0 Å². The molecule has 0 atom stereocenters. The second-order valence-electron chi connectivity index (χ2n) is 4.70. The van der Waals surface area contributed by atoms with Crippen LogP contribution in [0.5, 0.6) is 0 Å². The Morgan fingerprint density at radius 2 is 1.70 bits per heavy atom.